The quantitative estimate of drug-likeness (QED) is 0.589. The Balaban J connectivity index is 2.52. The predicted molar refractivity (Wildman–Crippen MR) is 82.8 cm³/mol. The van der Waals surface area contributed by atoms with Gasteiger partial charge in [-0.15, -0.1) is 0 Å². The molecule has 0 radical (unpaired) electrons. The number of furan rings is 1. The fraction of sp³-hybridized carbons (Fsp3) is 0.231. The standard InChI is InChI=1S/C13H14Br2N2O3/c1-18-8-4-3-7(13(19-2)11(8)15)12(17-16)9-5-6-10(14)20-9/h3-6,12,17H,16H2,1-2H3. The molecule has 3 N–H and O–H groups in total. The molecule has 0 spiro atoms. The lowest BCUT2D eigenvalue weighted by Gasteiger charge is -2.19. The largest absolute Gasteiger partial charge is 0.495 e. The number of ether oxygens (including phenoxy) is 2. The van der Waals surface area contributed by atoms with Crippen LogP contribution in [0.2, 0.25) is 0 Å². The molecular formula is C13H14Br2N2O3. The van der Waals surface area contributed by atoms with Crippen molar-refractivity contribution in [2.75, 3.05) is 14.2 Å². The maximum atomic E-state index is 5.66. The second-order valence-electron chi connectivity index (χ2n) is 3.95. The first-order valence-electron chi connectivity index (χ1n) is 5.74. The molecule has 0 aliphatic carbocycles. The van der Waals surface area contributed by atoms with Gasteiger partial charge in [0.15, 0.2) is 4.67 Å². The van der Waals surface area contributed by atoms with Crippen LogP contribution in [0.15, 0.2) is 37.8 Å². The molecule has 7 heteroatoms. The van der Waals surface area contributed by atoms with Crippen LogP contribution >= 0.6 is 31.9 Å². The minimum Gasteiger partial charge on any atom is -0.495 e. The lowest BCUT2D eigenvalue weighted by Crippen LogP contribution is -2.29. The van der Waals surface area contributed by atoms with Gasteiger partial charge in [0.2, 0.25) is 0 Å². The van der Waals surface area contributed by atoms with Gasteiger partial charge in [0.05, 0.1) is 14.2 Å². The molecule has 108 valence electrons. The molecule has 0 aliphatic rings. The molecule has 20 heavy (non-hydrogen) atoms. The second-order valence-corrected chi connectivity index (χ2v) is 5.52. The number of hydrogen-bond acceptors (Lipinski definition) is 5. The van der Waals surface area contributed by atoms with E-state index in [0.29, 0.717) is 21.9 Å². The molecule has 2 rings (SSSR count). The predicted octanol–water partition coefficient (Wildman–Crippen LogP) is 3.37. The Morgan fingerprint density at radius 3 is 2.40 bits per heavy atom. The van der Waals surface area contributed by atoms with Crippen LogP contribution in [0.4, 0.5) is 0 Å². The maximum Gasteiger partial charge on any atom is 0.169 e. The van der Waals surface area contributed by atoms with Crippen molar-refractivity contribution in [3.63, 3.8) is 0 Å². The number of methoxy groups -OCH3 is 2. The monoisotopic (exact) mass is 404 g/mol. The number of benzene rings is 1. The lowest BCUT2D eigenvalue weighted by molar-refractivity contribution is 0.375. The number of hydrogen-bond donors (Lipinski definition) is 2. The molecule has 1 heterocycles. The minimum absolute atomic E-state index is 0.335. The van der Waals surface area contributed by atoms with E-state index >= 15 is 0 Å². The van der Waals surface area contributed by atoms with E-state index in [9.17, 15) is 0 Å². The summed E-state index contributed by atoms with van der Waals surface area (Å²) in [6, 6.07) is 7.03. The van der Waals surface area contributed by atoms with Crippen molar-refractivity contribution in [2.24, 2.45) is 5.84 Å². The summed E-state index contributed by atoms with van der Waals surface area (Å²) < 4.78 is 17.6. The zero-order valence-electron chi connectivity index (χ0n) is 10.9. The van der Waals surface area contributed by atoms with Gasteiger partial charge in [-0.25, -0.2) is 5.43 Å². The summed E-state index contributed by atoms with van der Waals surface area (Å²) in [7, 11) is 3.19. The molecule has 0 amide bonds. The van der Waals surface area contributed by atoms with Crippen molar-refractivity contribution in [1.29, 1.82) is 0 Å². The van der Waals surface area contributed by atoms with Crippen LogP contribution in [0, 0.1) is 0 Å². The van der Waals surface area contributed by atoms with Crippen molar-refractivity contribution in [2.45, 2.75) is 6.04 Å². The van der Waals surface area contributed by atoms with Crippen molar-refractivity contribution in [1.82, 2.24) is 5.43 Å². The van der Waals surface area contributed by atoms with E-state index in [0.717, 1.165) is 10.0 Å². The van der Waals surface area contributed by atoms with Crippen LogP contribution in [-0.4, -0.2) is 14.2 Å². The fourth-order valence-corrected chi connectivity index (χ4v) is 2.96. The first-order valence-corrected chi connectivity index (χ1v) is 7.32. The average Bonchev–Trinajstić information content (AvgIpc) is 2.86. The smallest absolute Gasteiger partial charge is 0.169 e. The molecule has 0 bridgehead atoms. The molecule has 1 unspecified atom stereocenters. The van der Waals surface area contributed by atoms with Crippen LogP contribution < -0.4 is 20.7 Å². The third-order valence-electron chi connectivity index (χ3n) is 2.87. The third-order valence-corrected chi connectivity index (χ3v) is 4.05. The SMILES string of the molecule is COc1ccc(C(NN)c2ccc(Br)o2)c(OC)c1Br. The van der Waals surface area contributed by atoms with Gasteiger partial charge in [-0.3, -0.25) is 5.84 Å². The maximum absolute atomic E-state index is 5.66. The molecule has 0 saturated carbocycles. The van der Waals surface area contributed by atoms with Crippen LogP contribution in [0.25, 0.3) is 0 Å². The lowest BCUT2D eigenvalue weighted by atomic mass is 10.0. The summed E-state index contributed by atoms with van der Waals surface area (Å²) in [5.41, 5.74) is 3.57. The zero-order valence-corrected chi connectivity index (χ0v) is 14.1. The molecule has 0 aliphatic heterocycles. The topological polar surface area (TPSA) is 69.7 Å². The Kier molecular flexibility index (Phi) is 5.09. The van der Waals surface area contributed by atoms with Crippen LogP contribution in [0.3, 0.4) is 0 Å². The Morgan fingerprint density at radius 1 is 1.15 bits per heavy atom. The summed E-state index contributed by atoms with van der Waals surface area (Å²) in [5.74, 6) is 7.66. The molecule has 0 fully saturated rings. The van der Waals surface area contributed by atoms with Gasteiger partial charge in [0.25, 0.3) is 0 Å². The Bertz CT molecular complexity index is 601. The van der Waals surface area contributed by atoms with Crippen molar-refractivity contribution in [3.8, 4) is 11.5 Å². The highest BCUT2D eigenvalue weighted by Crippen LogP contribution is 2.41. The molecule has 0 saturated heterocycles. The van der Waals surface area contributed by atoms with Gasteiger partial charge < -0.3 is 13.9 Å². The van der Waals surface area contributed by atoms with Gasteiger partial charge in [-0.1, -0.05) is 0 Å². The van der Waals surface area contributed by atoms with Gasteiger partial charge in [-0.05, 0) is 56.1 Å². The third kappa shape index (κ3) is 2.85. The molecule has 1 aromatic carbocycles. The van der Waals surface area contributed by atoms with Crippen molar-refractivity contribution < 1.29 is 13.9 Å². The summed E-state index contributed by atoms with van der Waals surface area (Å²) >= 11 is 6.75. The summed E-state index contributed by atoms with van der Waals surface area (Å²) in [6.07, 6.45) is 0. The van der Waals surface area contributed by atoms with E-state index in [4.69, 9.17) is 19.7 Å². The van der Waals surface area contributed by atoms with E-state index < -0.39 is 0 Å². The van der Waals surface area contributed by atoms with Crippen molar-refractivity contribution >= 4 is 31.9 Å². The van der Waals surface area contributed by atoms with Crippen LogP contribution in [0.1, 0.15) is 17.4 Å². The zero-order chi connectivity index (χ0) is 14.7. The summed E-state index contributed by atoms with van der Waals surface area (Å²) in [5, 5.41) is 0. The van der Waals surface area contributed by atoms with E-state index in [-0.39, 0.29) is 6.04 Å². The van der Waals surface area contributed by atoms with E-state index in [1.807, 2.05) is 24.3 Å². The number of nitrogens with one attached hydrogen (secondary N) is 1. The Morgan fingerprint density at radius 2 is 1.90 bits per heavy atom. The highest BCUT2D eigenvalue weighted by atomic mass is 79.9. The van der Waals surface area contributed by atoms with Gasteiger partial charge >= 0.3 is 0 Å². The Hall–Kier alpha value is -1.02. The van der Waals surface area contributed by atoms with Crippen molar-refractivity contribution in [3.05, 3.63) is 44.7 Å². The number of rotatable bonds is 5. The number of hydrazine groups is 1. The molecular weight excluding hydrogens is 392 g/mol. The highest BCUT2D eigenvalue weighted by Gasteiger charge is 2.23. The fourth-order valence-electron chi connectivity index (χ4n) is 1.95. The number of nitrogens with two attached hydrogens (primary N) is 1. The molecule has 1 aromatic heterocycles. The average molecular weight is 406 g/mol. The molecule has 2 aromatic rings. The first-order chi connectivity index (χ1) is 9.62. The minimum atomic E-state index is -0.335. The van der Waals surface area contributed by atoms with Gasteiger partial charge in [0, 0.05) is 5.56 Å². The van der Waals surface area contributed by atoms with E-state index in [1.165, 1.54) is 0 Å². The van der Waals surface area contributed by atoms with Crippen LogP contribution in [0.5, 0.6) is 11.5 Å². The first kappa shape index (κ1) is 15.4. The normalized spacial score (nSPS) is 12.2. The van der Waals surface area contributed by atoms with Crippen LogP contribution in [-0.2, 0) is 0 Å². The van der Waals surface area contributed by atoms with E-state index in [2.05, 4.69) is 37.3 Å². The Labute approximate surface area is 133 Å². The summed E-state index contributed by atoms with van der Waals surface area (Å²) in [4.78, 5) is 0. The highest BCUT2D eigenvalue weighted by molar-refractivity contribution is 9.10. The number of halogens is 2. The van der Waals surface area contributed by atoms with Gasteiger partial charge in [-0.2, -0.15) is 0 Å². The van der Waals surface area contributed by atoms with Gasteiger partial charge in [0.1, 0.15) is 27.8 Å². The molecule has 5 nitrogen and oxygen atoms in total. The molecule has 1 atom stereocenters. The summed E-state index contributed by atoms with van der Waals surface area (Å²) in [6.45, 7) is 0. The van der Waals surface area contributed by atoms with E-state index in [1.54, 1.807) is 14.2 Å². The second kappa shape index (κ2) is 6.62.